The number of thiophene rings is 1. The number of nitrogens with zero attached hydrogens (tertiary/aromatic N) is 2. The zero-order valence-electron chi connectivity index (χ0n) is 19.7. The molecule has 37 heavy (non-hydrogen) atoms. The van der Waals surface area contributed by atoms with Crippen molar-refractivity contribution >= 4 is 29.0 Å². The second-order valence-electron chi connectivity index (χ2n) is 8.16. The predicted octanol–water partition coefficient (Wildman–Crippen LogP) is 5.74. The first-order valence-corrected chi connectivity index (χ1v) is 12.1. The van der Waals surface area contributed by atoms with Gasteiger partial charge in [-0.1, -0.05) is 30.3 Å². The van der Waals surface area contributed by atoms with E-state index in [-0.39, 0.29) is 32.3 Å². The number of nitrogens with one attached hydrogen (secondary N) is 1. The molecule has 0 radical (unpaired) electrons. The number of para-hydroxylation sites is 1. The maximum atomic E-state index is 13.4. The van der Waals surface area contributed by atoms with Crippen molar-refractivity contribution < 1.29 is 32.2 Å². The predicted molar refractivity (Wildman–Crippen MR) is 133 cm³/mol. The van der Waals surface area contributed by atoms with Crippen LogP contribution in [0.5, 0.6) is 11.5 Å². The molecule has 0 bridgehead atoms. The van der Waals surface area contributed by atoms with Gasteiger partial charge in [0.1, 0.15) is 6.54 Å². The van der Waals surface area contributed by atoms with E-state index in [1.807, 2.05) is 23.6 Å². The molecule has 7 nitrogen and oxygen atoms in total. The summed E-state index contributed by atoms with van der Waals surface area (Å²) in [4.78, 5) is 30.0. The van der Waals surface area contributed by atoms with Gasteiger partial charge in [-0.15, -0.1) is 17.9 Å². The number of urea groups is 1. The first kappa shape index (κ1) is 26.1. The first-order chi connectivity index (χ1) is 17.7. The van der Waals surface area contributed by atoms with Crippen LogP contribution >= 0.6 is 11.3 Å². The Balaban J connectivity index is 1.51. The van der Waals surface area contributed by atoms with Crippen LogP contribution in [0.2, 0.25) is 0 Å². The Morgan fingerprint density at radius 2 is 1.81 bits per heavy atom. The minimum absolute atomic E-state index is 0.0391. The van der Waals surface area contributed by atoms with Gasteiger partial charge in [-0.25, -0.2) is 4.79 Å². The van der Waals surface area contributed by atoms with Gasteiger partial charge >= 0.3 is 12.2 Å². The van der Waals surface area contributed by atoms with Crippen LogP contribution in [0.3, 0.4) is 0 Å². The largest absolute Gasteiger partial charge is 0.454 e. The highest BCUT2D eigenvalue weighted by molar-refractivity contribution is 7.09. The topological polar surface area (TPSA) is 71.1 Å². The molecular formula is C26H24F3N3O4S. The number of carbonyl (C=O) groups is 2. The zero-order chi connectivity index (χ0) is 26.4. The lowest BCUT2D eigenvalue weighted by Gasteiger charge is -2.27. The molecule has 0 atom stereocenters. The van der Waals surface area contributed by atoms with Gasteiger partial charge in [0, 0.05) is 18.0 Å². The van der Waals surface area contributed by atoms with Gasteiger partial charge < -0.3 is 24.6 Å². The van der Waals surface area contributed by atoms with Crippen LogP contribution in [0.15, 0.2) is 72.6 Å². The smallest absolute Gasteiger partial charge is 0.418 e. The molecule has 2 heterocycles. The fourth-order valence-corrected chi connectivity index (χ4v) is 4.47. The summed E-state index contributed by atoms with van der Waals surface area (Å²) in [5, 5.41) is 4.19. The number of hydrogen-bond acceptors (Lipinski definition) is 5. The molecule has 194 valence electrons. The SMILES string of the molecule is C=CCN(CC(=O)N(Cc1ccc2c(c1)OCO2)Cc1cccs1)C(=O)Nc1ccccc1C(F)(F)F. The van der Waals surface area contributed by atoms with Crippen molar-refractivity contribution in [1.82, 2.24) is 9.80 Å². The third kappa shape index (κ3) is 6.62. The Kier molecular flexibility index (Phi) is 8.02. The van der Waals surface area contributed by atoms with Crippen LogP contribution < -0.4 is 14.8 Å². The highest BCUT2D eigenvalue weighted by Crippen LogP contribution is 2.35. The van der Waals surface area contributed by atoms with E-state index in [0.717, 1.165) is 27.5 Å². The molecule has 0 unspecified atom stereocenters. The van der Waals surface area contributed by atoms with E-state index in [0.29, 0.717) is 18.0 Å². The number of alkyl halides is 3. The fraction of sp³-hybridized carbons (Fsp3) is 0.231. The molecule has 0 spiro atoms. The molecule has 1 N–H and O–H groups in total. The van der Waals surface area contributed by atoms with Crippen LogP contribution in [0.1, 0.15) is 16.0 Å². The van der Waals surface area contributed by atoms with Gasteiger partial charge in [0.15, 0.2) is 11.5 Å². The van der Waals surface area contributed by atoms with Crippen LogP contribution in [-0.4, -0.2) is 41.6 Å². The van der Waals surface area contributed by atoms with Gasteiger partial charge in [-0.2, -0.15) is 13.2 Å². The lowest BCUT2D eigenvalue weighted by Crippen LogP contribution is -2.44. The minimum atomic E-state index is -4.65. The van der Waals surface area contributed by atoms with Crippen molar-refractivity contribution in [1.29, 1.82) is 0 Å². The molecule has 11 heteroatoms. The average molecular weight is 532 g/mol. The van der Waals surface area contributed by atoms with Gasteiger partial charge in [-0.3, -0.25) is 4.79 Å². The van der Waals surface area contributed by atoms with Gasteiger partial charge in [0.05, 0.1) is 17.8 Å². The summed E-state index contributed by atoms with van der Waals surface area (Å²) in [6, 6.07) is 13.0. The maximum absolute atomic E-state index is 13.4. The maximum Gasteiger partial charge on any atom is 0.418 e. The monoisotopic (exact) mass is 531 g/mol. The number of benzene rings is 2. The fourth-order valence-electron chi connectivity index (χ4n) is 3.75. The summed E-state index contributed by atoms with van der Waals surface area (Å²) in [5.41, 5.74) is -0.569. The Hall–Kier alpha value is -3.99. The molecule has 1 aliphatic heterocycles. The summed E-state index contributed by atoms with van der Waals surface area (Å²) in [7, 11) is 0. The normalized spacial score (nSPS) is 12.2. The number of hydrogen-bond donors (Lipinski definition) is 1. The number of ether oxygens (including phenoxy) is 2. The molecule has 1 aromatic heterocycles. The molecule has 2 aromatic carbocycles. The van der Waals surface area contributed by atoms with E-state index < -0.39 is 23.5 Å². The number of anilines is 1. The van der Waals surface area contributed by atoms with Crippen LogP contribution in [0.4, 0.5) is 23.7 Å². The molecule has 0 fully saturated rings. The second-order valence-corrected chi connectivity index (χ2v) is 9.19. The zero-order valence-corrected chi connectivity index (χ0v) is 20.5. The van der Waals surface area contributed by atoms with E-state index in [1.165, 1.54) is 29.5 Å². The summed E-state index contributed by atoms with van der Waals surface area (Å²) in [5.74, 6) is 0.817. The summed E-state index contributed by atoms with van der Waals surface area (Å²) < 4.78 is 50.9. The Bertz CT molecular complexity index is 1260. The van der Waals surface area contributed by atoms with Crippen molar-refractivity contribution in [2.24, 2.45) is 0 Å². The van der Waals surface area contributed by atoms with Crippen LogP contribution in [0, 0.1) is 0 Å². The molecular weight excluding hydrogens is 507 g/mol. The molecule has 0 aliphatic carbocycles. The molecule has 4 rings (SSSR count). The lowest BCUT2D eigenvalue weighted by molar-refractivity contribution is -0.137. The summed E-state index contributed by atoms with van der Waals surface area (Å²) in [6.45, 7) is 3.86. The van der Waals surface area contributed by atoms with Crippen molar-refractivity contribution in [3.05, 3.63) is 88.6 Å². The van der Waals surface area contributed by atoms with Crippen LogP contribution in [-0.2, 0) is 24.1 Å². The minimum Gasteiger partial charge on any atom is -0.454 e. The first-order valence-electron chi connectivity index (χ1n) is 11.3. The highest BCUT2D eigenvalue weighted by atomic mass is 32.1. The lowest BCUT2D eigenvalue weighted by atomic mass is 10.1. The number of halogens is 3. The third-order valence-corrected chi connectivity index (χ3v) is 6.39. The van der Waals surface area contributed by atoms with Crippen molar-refractivity contribution in [3.63, 3.8) is 0 Å². The van der Waals surface area contributed by atoms with Gasteiger partial charge in [0.2, 0.25) is 12.7 Å². The number of fused-ring (bicyclic) bond motifs is 1. The quantitative estimate of drug-likeness (QED) is 0.357. The van der Waals surface area contributed by atoms with E-state index in [9.17, 15) is 22.8 Å². The standard InChI is InChI=1S/C26H24F3N3O4S/c1-2-11-31(25(34)30-21-8-4-3-7-20(21)26(27,28)29)16-24(33)32(15-19-6-5-12-37-19)14-18-9-10-22-23(13-18)36-17-35-22/h2-10,12-13H,1,11,14-17H2,(H,30,34). The Labute approximate surface area is 215 Å². The Morgan fingerprint density at radius 1 is 1.03 bits per heavy atom. The molecule has 3 aromatic rings. The van der Waals surface area contributed by atoms with E-state index in [1.54, 1.807) is 17.0 Å². The van der Waals surface area contributed by atoms with E-state index in [4.69, 9.17) is 9.47 Å². The average Bonchev–Trinajstić information content (AvgIpc) is 3.54. The summed E-state index contributed by atoms with van der Waals surface area (Å²) in [6.07, 6.45) is -3.24. The number of carbonyl (C=O) groups excluding carboxylic acids is 2. The third-order valence-electron chi connectivity index (χ3n) is 5.53. The van der Waals surface area contributed by atoms with Crippen molar-refractivity contribution in [3.8, 4) is 11.5 Å². The highest BCUT2D eigenvalue weighted by Gasteiger charge is 2.34. The molecule has 0 saturated heterocycles. The Morgan fingerprint density at radius 3 is 2.54 bits per heavy atom. The number of rotatable bonds is 9. The van der Waals surface area contributed by atoms with Gasteiger partial charge in [-0.05, 0) is 41.3 Å². The van der Waals surface area contributed by atoms with Crippen molar-refractivity contribution in [2.75, 3.05) is 25.2 Å². The van der Waals surface area contributed by atoms with Crippen molar-refractivity contribution in [2.45, 2.75) is 19.3 Å². The van der Waals surface area contributed by atoms with E-state index in [2.05, 4.69) is 11.9 Å². The molecule has 0 saturated carbocycles. The molecule has 1 aliphatic rings. The number of amides is 3. The second kappa shape index (κ2) is 11.4. The molecule has 3 amide bonds. The van der Waals surface area contributed by atoms with Gasteiger partial charge in [0.25, 0.3) is 0 Å². The van der Waals surface area contributed by atoms with E-state index >= 15 is 0 Å². The summed E-state index contributed by atoms with van der Waals surface area (Å²) >= 11 is 1.49. The van der Waals surface area contributed by atoms with Crippen LogP contribution in [0.25, 0.3) is 0 Å².